The summed E-state index contributed by atoms with van der Waals surface area (Å²) in [5, 5.41) is 0. The van der Waals surface area contributed by atoms with Crippen molar-refractivity contribution in [3.63, 3.8) is 0 Å². The highest BCUT2D eigenvalue weighted by atomic mass is 16.7. The van der Waals surface area contributed by atoms with E-state index in [9.17, 15) is 4.79 Å². The van der Waals surface area contributed by atoms with Gasteiger partial charge in [0.1, 0.15) is 0 Å². The van der Waals surface area contributed by atoms with Crippen LogP contribution in [0.25, 0.3) is 0 Å². The zero-order valence-electron chi connectivity index (χ0n) is 5.42. The van der Waals surface area contributed by atoms with E-state index < -0.39 is 0 Å². The van der Waals surface area contributed by atoms with Crippen molar-refractivity contribution in [3.8, 4) is 0 Å². The van der Waals surface area contributed by atoms with E-state index in [1.807, 2.05) is 0 Å². The van der Waals surface area contributed by atoms with E-state index in [1.165, 1.54) is 6.92 Å². The fourth-order valence-corrected chi connectivity index (χ4v) is 0.267. The fourth-order valence-electron chi connectivity index (χ4n) is 0.267. The molecule has 4 nitrogen and oxygen atoms in total. The third-order valence-electron chi connectivity index (χ3n) is 0.608. The molecule has 0 saturated heterocycles. The number of carbonyl (C=O) groups is 1. The summed E-state index contributed by atoms with van der Waals surface area (Å²) < 4.78 is 9.15. The Bertz CT molecular complexity index is 84.3. The molecular formula is C5H11NO3. The summed E-state index contributed by atoms with van der Waals surface area (Å²) in [4.78, 5) is 10.1. The van der Waals surface area contributed by atoms with Crippen LogP contribution in [0.5, 0.6) is 0 Å². The van der Waals surface area contributed by atoms with Crippen LogP contribution in [0.4, 0.5) is 0 Å². The molecule has 2 N–H and O–H groups in total. The molecule has 0 bridgehead atoms. The van der Waals surface area contributed by atoms with Gasteiger partial charge in [0.05, 0.1) is 6.61 Å². The molecule has 0 aliphatic heterocycles. The molecule has 0 rings (SSSR count). The number of nitrogens with two attached hydrogens (primary N) is 1. The minimum Gasteiger partial charge on any atom is -0.439 e. The third-order valence-corrected chi connectivity index (χ3v) is 0.608. The molecule has 0 heterocycles. The van der Waals surface area contributed by atoms with Gasteiger partial charge in [0.25, 0.3) is 0 Å². The number of ether oxygens (including phenoxy) is 2. The highest BCUT2D eigenvalue weighted by Crippen LogP contribution is 1.76. The Balaban J connectivity index is 2.83. The summed E-state index contributed by atoms with van der Waals surface area (Å²) in [5.41, 5.74) is 5.08. The second-order valence-corrected chi connectivity index (χ2v) is 1.45. The Hall–Kier alpha value is -0.610. The highest BCUT2D eigenvalue weighted by Gasteiger charge is 1.89. The number of hydrogen-bond donors (Lipinski definition) is 1. The first-order valence-electron chi connectivity index (χ1n) is 2.68. The first-order valence-corrected chi connectivity index (χ1v) is 2.68. The van der Waals surface area contributed by atoms with Crippen LogP contribution in [0.1, 0.15) is 6.92 Å². The second-order valence-electron chi connectivity index (χ2n) is 1.45. The summed E-state index contributed by atoms with van der Waals surface area (Å²) in [6.07, 6.45) is 0. The van der Waals surface area contributed by atoms with Crippen LogP contribution in [-0.2, 0) is 14.3 Å². The van der Waals surface area contributed by atoms with Crippen LogP contribution in [0.2, 0.25) is 0 Å². The fraction of sp³-hybridized carbons (Fsp3) is 0.800. The molecule has 0 unspecified atom stereocenters. The molecule has 0 fully saturated rings. The van der Waals surface area contributed by atoms with Crippen molar-refractivity contribution in [2.24, 2.45) is 5.73 Å². The molecular weight excluding hydrogens is 122 g/mol. The molecule has 0 aromatic rings. The summed E-state index contributed by atoms with van der Waals surface area (Å²) in [6.45, 7) is 2.20. The van der Waals surface area contributed by atoms with Gasteiger partial charge in [-0.1, -0.05) is 0 Å². The Kier molecular flexibility index (Phi) is 5.15. The van der Waals surface area contributed by atoms with Gasteiger partial charge < -0.3 is 15.2 Å². The van der Waals surface area contributed by atoms with Gasteiger partial charge in [0.15, 0.2) is 6.79 Å². The maximum atomic E-state index is 10.1. The molecule has 0 amide bonds. The van der Waals surface area contributed by atoms with Crippen LogP contribution in [0, 0.1) is 0 Å². The first kappa shape index (κ1) is 8.39. The molecule has 0 aliphatic rings. The quantitative estimate of drug-likeness (QED) is 0.318. The lowest BCUT2D eigenvalue weighted by molar-refractivity contribution is -0.153. The maximum absolute atomic E-state index is 10.1. The zero-order chi connectivity index (χ0) is 7.11. The number of esters is 1. The van der Waals surface area contributed by atoms with E-state index in [2.05, 4.69) is 4.74 Å². The van der Waals surface area contributed by atoms with Crippen molar-refractivity contribution in [3.05, 3.63) is 0 Å². The largest absolute Gasteiger partial charge is 0.439 e. The van der Waals surface area contributed by atoms with Gasteiger partial charge in [0.2, 0.25) is 0 Å². The molecule has 0 spiro atoms. The van der Waals surface area contributed by atoms with Crippen LogP contribution < -0.4 is 5.73 Å². The molecule has 4 heteroatoms. The first-order chi connectivity index (χ1) is 4.27. The highest BCUT2D eigenvalue weighted by molar-refractivity contribution is 5.65. The summed E-state index contributed by atoms with van der Waals surface area (Å²) >= 11 is 0. The Morgan fingerprint density at radius 1 is 1.67 bits per heavy atom. The number of hydrogen-bond acceptors (Lipinski definition) is 4. The monoisotopic (exact) mass is 133 g/mol. The van der Waals surface area contributed by atoms with Crippen molar-refractivity contribution in [2.45, 2.75) is 6.92 Å². The summed E-state index contributed by atoms with van der Waals surface area (Å²) in [5.74, 6) is -0.341. The average molecular weight is 133 g/mol. The average Bonchev–Trinajstić information content (AvgIpc) is 1.80. The second kappa shape index (κ2) is 5.53. The smallest absolute Gasteiger partial charge is 0.304 e. The molecule has 54 valence electrons. The molecule has 0 atom stereocenters. The zero-order valence-corrected chi connectivity index (χ0v) is 5.42. The lowest BCUT2D eigenvalue weighted by Crippen LogP contribution is -2.11. The van der Waals surface area contributed by atoms with Crippen LogP contribution in [0.15, 0.2) is 0 Å². The number of rotatable bonds is 4. The van der Waals surface area contributed by atoms with Gasteiger partial charge >= 0.3 is 5.97 Å². The van der Waals surface area contributed by atoms with Crippen molar-refractivity contribution in [1.82, 2.24) is 0 Å². The molecule has 0 saturated carbocycles. The van der Waals surface area contributed by atoms with Crippen LogP contribution in [-0.4, -0.2) is 25.9 Å². The number of carbonyl (C=O) groups excluding carboxylic acids is 1. The van der Waals surface area contributed by atoms with Crippen LogP contribution in [0.3, 0.4) is 0 Å². The SMILES string of the molecule is CC(=O)OCOCCN. The molecule has 0 radical (unpaired) electrons. The lowest BCUT2D eigenvalue weighted by Gasteiger charge is -2.00. The predicted octanol–water partition coefficient (Wildman–Crippen LogP) is -0.518. The van der Waals surface area contributed by atoms with E-state index in [4.69, 9.17) is 10.5 Å². The van der Waals surface area contributed by atoms with E-state index in [0.717, 1.165) is 0 Å². The van der Waals surface area contributed by atoms with Crippen molar-refractivity contribution < 1.29 is 14.3 Å². The summed E-state index contributed by atoms with van der Waals surface area (Å²) in [6, 6.07) is 0. The lowest BCUT2D eigenvalue weighted by atomic mass is 10.7. The standard InChI is InChI=1S/C5H11NO3/c1-5(7)9-4-8-3-2-6/h2-4,6H2,1H3. The minimum absolute atomic E-state index is 0.00648. The minimum atomic E-state index is -0.341. The van der Waals surface area contributed by atoms with Gasteiger partial charge in [0, 0.05) is 13.5 Å². The molecule has 0 aromatic heterocycles. The third kappa shape index (κ3) is 7.39. The maximum Gasteiger partial charge on any atom is 0.304 e. The van der Waals surface area contributed by atoms with Gasteiger partial charge in [-0.05, 0) is 0 Å². The van der Waals surface area contributed by atoms with Gasteiger partial charge in [-0.25, -0.2) is 0 Å². The molecule has 0 aliphatic carbocycles. The van der Waals surface area contributed by atoms with Crippen molar-refractivity contribution in [2.75, 3.05) is 19.9 Å². The van der Waals surface area contributed by atoms with Crippen LogP contribution >= 0.6 is 0 Å². The van der Waals surface area contributed by atoms with Crippen molar-refractivity contribution in [1.29, 1.82) is 0 Å². The van der Waals surface area contributed by atoms with Gasteiger partial charge in [-0.15, -0.1) is 0 Å². The molecule has 9 heavy (non-hydrogen) atoms. The van der Waals surface area contributed by atoms with E-state index >= 15 is 0 Å². The van der Waals surface area contributed by atoms with E-state index in [-0.39, 0.29) is 12.8 Å². The Labute approximate surface area is 53.9 Å². The van der Waals surface area contributed by atoms with E-state index in [1.54, 1.807) is 0 Å². The summed E-state index contributed by atoms with van der Waals surface area (Å²) in [7, 11) is 0. The normalized spacial score (nSPS) is 9.11. The van der Waals surface area contributed by atoms with Crippen molar-refractivity contribution >= 4 is 5.97 Å². The van der Waals surface area contributed by atoms with Gasteiger partial charge in [-0.2, -0.15) is 0 Å². The van der Waals surface area contributed by atoms with Gasteiger partial charge in [-0.3, -0.25) is 4.79 Å². The predicted molar refractivity (Wildman–Crippen MR) is 31.6 cm³/mol. The van der Waals surface area contributed by atoms with E-state index in [0.29, 0.717) is 13.2 Å². The topological polar surface area (TPSA) is 61.5 Å². The Morgan fingerprint density at radius 3 is 2.78 bits per heavy atom. The Morgan fingerprint density at radius 2 is 2.33 bits per heavy atom. The molecule has 0 aromatic carbocycles.